The number of carboxylic acid groups (broad SMARTS) is 1. The van der Waals surface area contributed by atoms with E-state index in [0.29, 0.717) is 135 Å². The molecule has 2 heterocycles. The third-order valence-electron chi connectivity index (χ3n) is 11.6. The van der Waals surface area contributed by atoms with Gasteiger partial charge in [0.2, 0.25) is 5.36 Å². The summed E-state index contributed by atoms with van der Waals surface area (Å²) in [5, 5.41) is 10.1. The normalized spacial score (nSPS) is 16.2. The van der Waals surface area contributed by atoms with Crippen LogP contribution in [0.5, 0.6) is 0 Å². The van der Waals surface area contributed by atoms with E-state index < -0.39 is 31.6 Å². The zero-order valence-corrected chi connectivity index (χ0v) is 48.2. The third kappa shape index (κ3) is 21.1. The number of ether oxygens (including phenoxy) is 6. The Morgan fingerprint density at radius 2 is 1.40 bits per heavy atom. The number of methoxy groups -OCH3 is 1. The van der Waals surface area contributed by atoms with Crippen LogP contribution in [0.1, 0.15) is 90.0 Å². The molecule has 1 atom stereocenters. The van der Waals surface area contributed by atoms with Crippen LogP contribution in [0.25, 0.3) is 17.4 Å². The van der Waals surface area contributed by atoms with E-state index in [1.54, 1.807) is 13.2 Å². The number of benzene rings is 2. The average molecular weight is 1040 g/mol. The van der Waals surface area contributed by atoms with Gasteiger partial charge in [0.05, 0.1) is 82.8 Å². The van der Waals surface area contributed by atoms with Crippen LogP contribution in [-0.4, -0.2) is 142 Å². The van der Waals surface area contributed by atoms with Crippen molar-refractivity contribution in [2.24, 2.45) is 0 Å². The summed E-state index contributed by atoms with van der Waals surface area (Å²) < 4.78 is 109. The van der Waals surface area contributed by atoms with Gasteiger partial charge >= 0.3 is 65.1 Å². The van der Waals surface area contributed by atoms with Gasteiger partial charge in [-0.15, -0.1) is 0 Å². The molecule has 0 bridgehead atoms. The van der Waals surface area contributed by atoms with Crippen LogP contribution >= 0.6 is 0 Å². The predicted octanol–water partition coefficient (Wildman–Crippen LogP) is 0.446. The van der Waals surface area contributed by atoms with Gasteiger partial charge in [0, 0.05) is 61.5 Å². The molecule has 3 N–H and O–H groups in total. The summed E-state index contributed by atoms with van der Waals surface area (Å²) in [6.45, 7) is 16.6. The number of hydrogen-bond acceptors (Lipinski definition) is 13. The van der Waals surface area contributed by atoms with E-state index in [1.807, 2.05) is 60.9 Å². The molecule has 1 aromatic rings. The van der Waals surface area contributed by atoms with Crippen LogP contribution < -0.4 is 73.9 Å². The molecule has 0 saturated carbocycles. The number of carbonyl (C=O) groups is 1. The van der Waals surface area contributed by atoms with Gasteiger partial charge in [-0.2, -0.15) is 16.8 Å². The Labute approximate surface area is 459 Å². The summed E-state index contributed by atoms with van der Waals surface area (Å²) in [7, 11) is -7.00. The van der Waals surface area contributed by atoms with Gasteiger partial charge in [-0.05, 0) is 92.1 Å². The minimum absolute atomic E-state index is 0. The van der Waals surface area contributed by atoms with Crippen molar-refractivity contribution in [2.75, 3.05) is 110 Å². The Morgan fingerprint density at radius 3 is 1.94 bits per heavy atom. The van der Waals surface area contributed by atoms with Crippen molar-refractivity contribution in [3.8, 4) is 11.3 Å². The van der Waals surface area contributed by atoms with Gasteiger partial charge in [0.1, 0.15) is 24.6 Å². The van der Waals surface area contributed by atoms with Crippen molar-refractivity contribution < 1.29 is 128 Å². The fourth-order valence-corrected chi connectivity index (χ4v) is 9.06. The Bertz CT molecular complexity index is 2400. The molecule has 70 heavy (non-hydrogen) atoms. The molecule has 0 radical (unpaired) electrons. The van der Waals surface area contributed by atoms with E-state index in [0.717, 1.165) is 27.9 Å². The molecule has 3 aliphatic rings. The van der Waals surface area contributed by atoms with Gasteiger partial charge < -0.3 is 42.8 Å². The zero-order valence-electron chi connectivity index (χ0n) is 42.6. The monoisotopic (exact) mass is 1040 g/mol. The minimum atomic E-state index is -4.53. The Morgan fingerprint density at radius 1 is 0.800 bits per heavy atom. The molecule has 380 valence electrons. The van der Waals surface area contributed by atoms with Crippen molar-refractivity contribution in [2.45, 2.75) is 88.9 Å². The molecule has 0 saturated heterocycles. The number of fused-ring (bicyclic) bond motifs is 2. The third-order valence-corrected chi connectivity index (χ3v) is 13.3. The first-order valence-electron chi connectivity index (χ1n) is 23.3. The molecule has 0 amide bonds. The SMILES string of the molecule is CC[N+](CCCS(=O)(=O)O)=c1ccc2c(C(C)(C)C)cc(/C=C/C=C3/N(CCCCCC(=O)O)c4ccc(S(=O)(=O)O)cc4C3(C)CCOCCOCCOCCOCCOCCOC)oc-2c1.[Na+].[Na+]. The van der Waals surface area contributed by atoms with Crippen molar-refractivity contribution in [3.63, 3.8) is 0 Å². The minimum Gasteiger partial charge on any atom is -0.481 e. The first kappa shape index (κ1) is 64.1. The Hall–Kier alpha value is -2.02. The number of nitrogens with zero attached hydrogens (tertiary/aromatic N) is 2. The van der Waals surface area contributed by atoms with Crippen molar-refractivity contribution >= 4 is 38.0 Å². The molecule has 4 rings (SSSR count). The maximum atomic E-state index is 12.5. The maximum Gasteiger partial charge on any atom is 1.00 e. The molecule has 1 aromatic carbocycles. The van der Waals surface area contributed by atoms with Crippen LogP contribution in [0.4, 0.5) is 5.69 Å². The van der Waals surface area contributed by atoms with E-state index in [4.69, 9.17) is 32.8 Å². The number of hydrogen-bond donors (Lipinski definition) is 3. The van der Waals surface area contributed by atoms with Crippen molar-refractivity contribution in [1.82, 2.24) is 4.58 Å². The maximum absolute atomic E-state index is 12.5. The van der Waals surface area contributed by atoms with E-state index in [1.165, 1.54) is 12.1 Å². The number of aliphatic carboxylic acids is 1. The largest absolute Gasteiger partial charge is 1.00 e. The number of allylic oxidation sites excluding steroid dienone is 3. The molecule has 1 aliphatic carbocycles. The topological polar surface area (TPSA) is 221 Å². The average Bonchev–Trinajstić information content (AvgIpc) is 3.50. The van der Waals surface area contributed by atoms with Crippen molar-refractivity contribution in [1.29, 1.82) is 0 Å². The summed E-state index contributed by atoms with van der Waals surface area (Å²) in [4.78, 5) is 13.2. The number of carboxylic acids is 1. The van der Waals surface area contributed by atoms with Gasteiger partial charge in [-0.3, -0.25) is 13.9 Å². The van der Waals surface area contributed by atoms with E-state index >= 15 is 0 Å². The molecule has 21 heteroatoms. The van der Waals surface area contributed by atoms with E-state index in [2.05, 4.69) is 25.7 Å². The van der Waals surface area contributed by atoms with E-state index in [-0.39, 0.29) is 88.0 Å². The van der Waals surface area contributed by atoms with Crippen molar-refractivity contribution in [3.05, 3.63) is 82.6 Å². The number of unbranched alkanes of at least 4 members (excludes halogenated alkanes) is 2. The molecular weight excluding hydrogens is 967 g/mol. The second kappa shape index (κ2) is 31.7. The quantitative estimate of drug-likeness (QED) is 0.0335. The molecule has 0 fully saturated rings. The standard InChI is InChI=1S/C49H72N2O15S2.2Na/c1-7-50(21-12-34-67(54,55)56)38-16-18-41-42(48(2,3)4)36-39(66-45(41)35-38)13-11-14-46-49(5,20-23-61-26-27-63-30-31-65-33-32-64-29-28-62-25-24-60-6)43-37-40(68(57,58)59)17-19-44(43)51(46)22-10-8-9-15-47(52)53;;/h11,13-14,16-19,35-37H,7-10,12,15,20-34H2,1-6H3,(H2-,52,53,54,55,56,57,58,59);;/q;2*+1/p+1. The van der Waals surface area contributed by atoms with Crippen LogP contribution in [0, 0.1) is 0 Å². The van der Waals surface area contributed by atoms with Crippen LogP contribution in [-0.2, 0) is 64.3 Å². The second-order valence-electron chi connectivity index (χ2n) is 17.8. The molecule has 2 aliphatic heterocycles. The van der Waals surface area contributed by atoms with Crippen LogP contribution in [0.2, 0.25) is 0 Å². The van der Waals surface area contributed by atoms with Crippen LogP contribution in [0.15, 0.2) is 69.6 Å². The summed E-state index contributed by atoms with van der Waals surface area (Å²) in [5.74, 6) is 0.0352. The van der Waals surface area contributed by atoms with Gasteiger partial charge in [0.25, 0.3) is 20.2 Å². The second-order valence-corrected chi connectivity index (χ2v) is 20.8. The molecule has 0 aromatic heterocycles. The molecule has 17 nitrogen and oxygen atoms in total. The zero-order chi connectivity index (χ0) is 49.8. The Kier molecular flexibility index (Phi) is 29.0. The van der Waals surface area contributed by atoms with Gasteiger partial charge in [-0.25, -0.2) is 4.58 Å². The summed E-state index contributed by atoms with van der Waals surface area (Å²) in [5.41, 5.74) is 3.27. The van der Waals surface area contributed by atoms with Gasteiger partial charge in [0.15, 0.2) is 0 Å². The number of rotatable bonds is 32. The predicted molar refractivity (Wildman–Crippen MR) is 261 cm³/mol. The molecule has 0 spiro atoms. The summed E-state index contributed by atoms with van der Waals surface area (Å²) >= 11 is 0. The fraction of sp³-hybridized carbons (Fsp3) is 0.592. The Balaban J connectivity index is 0.00000840. The first-order chi connectivity index (χ1) is 32.3. The first-order valence-corrected chi connectivity index (χ1v) is 26.3. The fourth-order valence-electron chi connectivity index (χ4n) is 8.05. The summed E-state index contributed by atoms with van der Waals surface area (Å²) in [6, 6.07) is 12.6. The summed E-state index contributed by atoms with van der Waals surface area (Å²) in [6.07, 6.45) is 8.36. The van der Waals surface area contributed by atoms with Crippen LogP contribution in [0.3, 0.4) is 0 Å². The molecule has 1 unspecified atom stereocenters. The molecular formula is C49H73N2Na2O15S2+3. The number of anilines is 1. The smallest absolute Gasteiger partial charge is 0.481 e. The van der Waals surface area contributed by atoms with Gasteiger partial charge in [-0.1, -0.05) is 33.3 Å². The van der Waals surface area contributed by atoms with E-state index in [9.17, 15) is 35.8 Å².